The molecule has 0 saturated carbocycles. The van der Waals surface area contributed by atoms with Crippen LogP contribution in [-0.4, -0.2) is 11.1 Å². The molecule has 0 fully saturated rings. The second kappa shape index (κ2) is 4.86. The van der Waals surface area contributed by atoms with Gasteiger partial charge in [-0.1, -0.05) is 34.8 Å². The second-order valence-corrected chi connectivity index (χ2v) is 5.38. The maximum absolute atomic E-state index is 11.0. The van der Waals surface area contributed by atoms with Gasteiger partial charge in [0.15, 0.2) is 0 Å². The van der Waals surface area contributed by atoms with E-state index in [4.69, 9.17) is 39.9 Å². The lowest BCUT2D eigenvalue weighted by Crippen LogP contribution is -1.95. The van der Waals surface area contributed by atoms with Crippen molar-refractivity contribution in [3.05, 3.63) is 43.5 Å². The van der Waals surface area contributed by atoms with Gasteiger partial charge in [0, 0.05) is 16.1 Å². The van der Waals surface area contributed by atoms with Crippen LogP contribution >= 0.6 is 46.1 Å². The molecule has 0 aliphatic heterocycles. The van der Waals surface area contributed by atoms with Crippen LogP contribution < -0.4 is 0 Å². The van der Waals surface area contributed by atoms with Gasteiger partial charge >= 0.3 is 5.97 Å². The molecule has 88 valence electrons. The van der Waals surface area contributed by atoms with Crippen LogP contribution in [0.2, 0.25) is 15.1 Å². The highest BCUT2D eigenvalue weighted by Gasteiger charge is 2.18. The van der Waals surface area contributed by atoms with E-state index in [1.54, 1.807) is 11.4 Å². The molecule has 17 heavy (non-hydrogen) atoms. The summed E-state index contributed by atoms with van der Waals surface area (Å²) in [6.07, 6.45) is 0. The number of carboxylic acid groups (broad SMARTS) is 1. The number of hydrogen-bond donors (Lipinski definition) is 1. The number of halogens is 3. The van der Waals surface area contributed by atoms with Crippen molar-refractivity contribution in [2.45, 2.75) is 0 Å². The van der Waals surface area contributed by atoms with Crippen molar-refractivity contribution < 1.29 is 9.90 Å². The van der Waals surface area contributed by atoms with Gasteiger partial charge in [-0.3, -0.25) is 0 Å². The number of carbonyl (C=O) groups is 1. The van der Waals surface area contributed by atoms with Crippen molar-refractivity contribution in [1.29, 1.82) is 0 Å². The second-order valence-electron chi connectivity index (χ2n) is 3.21. The highest BCUT2D eigenvalue weighted by Crippen LogP contribution is 2.40. The topological polar surface area (TPSA) is 37.3 Å². The van der Waals surface area contributed by atoms with Crippen molar-refractivity contribution in [2.75, 3.05) is 0 Å². The number of benzene rings is 1. The Labute approximate surface area is 116 Å². The zero-order chi connectivity index (χ0) is 12.6. The van der Waals surface area contributed by atoms with Crippen molar-refractivity contribution in [3.63, 3.8) is 0 Å². The van der Waals surface area contributed by atoms with Crippen molar-refractivity contribution in [1.82, 2.24) is 0 Å². The molecule has 1 heterocycles. The van der Waals surface area contributed by atoms with E-state index in [1.807, 2.05) is 0 Å². The fourth-order valence-electron chi connectivity index (χ4n) is 1.47. The van der Waals surface area contributed by atoms with Crippen LogP contribution in [0.25, 0.3) is 11.1 Å². The summed E-state index contributed by atoms with van der Waals surface area (Å²) in [6, 6.07) is 4.75. The largest absolute Gasteiger partial charge is 0.477 e. The Morgan fingerprint density at radius 1 is 1.18 bits per heavy atom. The molecule has 0 aliphatic rings. The van der Waals surface area contributed by atoms with Crippen LogP contribution in [0.1, 0.15) is 9.67 Å². The first-order valence-electron chi connectivity index (χ1n) is 4.46. The first kappa shape index (κ1) is 12.7. The number of rotatable bonds is 2. The number of thiophene rings is 1. The van der Waals surface area contributed by atoms with Crippen LogP contribution in [0.5, 0.6) is 0 Å². The number of carboxylic acids is 1. The molecule has 1 N–H and O–H groups in total. The lowest BCUT2D eigenvalue weighted by atomic mass is 10.1. The molecular formula is C11H5Cl3O2S. The van der Waals surface area contributed by atoms with Gasteiger partial charge in [-0.05, 0) is 23.6 Å². The van der Waals surface area contributed by atoms with E-state index >= 15 is 0 Å². The summed E-state index contributed by atoms with van der Waals surface area (Å²) in [4.78, 5) is 11.2. The van der Waals surface area contributed by atoms with E-state index in [-0.39, 0.29) is 4.88 Å². The Hall–Kier alpha value is -0.740. The predicted molar refractivity (Wildman–Crippen MR) is 71.7 cm³/mol. The lowest BCUT2D eigenvalue weighted by molar-refractivity contribution is 0.0703. The minimum absolute atomic E-state index is 0.205. The van der Waals surface area contributed by atoms with E-state index in [9.17, 15) is 4.79 Å². The molecule has 2 rings (SSSR count). The zero-order valence-corrected chi connectivity index (χ0v) is 11.3. The molecular weight excluding hydrogens is 303 g/mol. The molecule has 6 heteroatoms. The highest BCUT2D eigenvalue weighted by atomic mass is 35.5. The maximum atomic E-state index is 11.0. The number of hydrogen-bond acceptors (Lipinski definition) is 2. The fraction of sp³-hybridized carbons (Fsp3) is 0. The van der Waals surface area contributed by atoms with E-state index < -0.39 is 5.97 Å². The van der Waals surface area contributed by atoms with Gasteiger partial charge in [0.2, 0.25) is 0 Å². The summed E-state index contributed by atoms with van der Waals surface area (Å²) in [5, 5.41) is 11.8. The molecule has 0 atom stereocenters. The van der Waals surface area contributed by atoms with Gasteiger partial charge < -0.3 is 5.11 Å². The molecule has 1 aromatic heterocycles. The minimum atomic E-state index is -1.00. The van der Waals surface area contributed by atoms with Gasteiger partial charge in [0.05, 0.1) is 10.0 Å². The molecule has 1 aromatic carbocycles. The van der Waals surface area contributed by atoms with E-state index in [2.05, 4.69) is 0 Å². The van der Waals surface area contributed by atoms with Crippen molar-refractivity contribution in [3.8, 4) is 11.1 Å². The molecule has 2 nitrogen and oxygen atoms in total. The monoisotopic (exact) mass is 306 g/mol. The van der Waals surface area contributed by atoms with E-state index in [0.717, 1.165) is 11.3 Å². The molecule has 0 radical (unpaired) electrons. The summed E-state index contributed by atoms with van der Waals surface area (Å²) in [5.41, 5.74) is 1.01. The van der Waals surface area contributed by atoms with Crippen LogP contribution in [0.3, 0.4) is 0 Å². The van der Waals surface area contributed by atoms with Gasteiger partial charge in [-0.2, -0.15) is 0 Å². The predicted octanol–water partition coefficient (Wildman–Crippen LogP) is 5.07. The Balaban J connectivity index is 2.69. The third-order valence-electron chi connectivity index (χ3n) is 2.14. The zero-order valence-electron chi connectivity index (χ0n) is 8.21. The third kappa shape index (κ3) is 2.43. The smallest absolute Gasteiger partial charge is 0.346 e. The fourth-order valence-corrected chi connectivity index (χ4v) is 3.23. The van der Waals surface area contributed by atoms with Crippen molar-refractivity contribution in [2.24, 2.45) is 0 Å². The quantitative estimate of drug-likeness (QED) is 0.840. The summed E-state index contributed by atoms with van der Waals surface area (Å²) in [6.45, 7) is 0. The summed E-state index contributed by atoms with van der Waals surface area (Å²) < 4.78 is 0. The Bertz CT molecular complexity index is 569. The first-order valence-corrected chi connectivity index (χ1v) is 6.47. The van der Waals surface area contributed by atoms with Crippen LogP contribution in [-0.2, 0) is 0 Å². The van der Waals surface area contributed by atoms with Crippen LogP contribution in [0.4, 0.5) is 0 Å². The molecule has 0 bridgehead atoms. The maximum Gasteiger partial charge on any atom is 0.346 e. The van der Waals surface area contributed by atoms with Gasteiger partial charge in [-0.15, -0.1) is 11.3 Å². The molecule has 0 saturated heterocycles. The Morgan fingerprint density at radius 2 is 1.76 bits per heavy atom. The summed E-state index contributed by atoms with van der Waals surface area (Å²) >= 11 is 19.0. The highest BCUT2D eigenvalue weighted by molar-refractivity contribution is 7.12. The summed E-state index contributed by atoms with van der Waals surface area (Å²) in [5.74, 6) is -1.00. The SMILES string of the molecule is O=C(O)c1sccc1-c1c(Cl)cc(Cl)cc1Cl. The first-order chi connectivity index (χ1) is 8.00. The molecule has 2 aromatic rings. The summed E-state index contributed by atoms with van der Waals surface area (Å²) in [7, 11) is 0. The molecule has 0 aliphatic carbocycles. The lowest BCUT2D eigenvalue weighted by Gasteiger charge is -2.07. The van der Waals surface area contributed by atoms with Gasteiger partial charge in [-0.25, -0.2) is 4.79 Å². The van der Waals surface area contributed by atoms with Gasteiger partial charge in [0.1, 0.15) is 4.88 Å². The average Bonchev–Trinajstić information content (AvgIpc) is 2.64. The van der Waals surface area contributed by atoms with Crippen molar-refractivity contribution >= 4 is 52.1 Å². The Kier molecular flexibility index (Phi) is 3.64. The third-order valence-corrected chi connectivity index (χ3v) is 3.85. The van der Waals surface area contributed by atoms with Crippen LogP contribution in [0, 0.1) is 0 Å². The standard InChI is InChI=1S/C11H5Cl3O2S/c12-5-3-7(13)9(8(14)4-5)6-1-2-17-10(6)11(15)16/h1-4H,(H,15,16). The minimum Gasteiger partial charge on any atom is -0.477 e. The van der Waals surface area contributed by atoms with E-state index in [1.165, 1.54) is 12.1 Å². The van der Waals surface area contributed by atoms with Crippen LogP contribution in [0.15, 0.2) is 23.6 Å². The van der Waals surface area contributed by atoms with Gasteiger partial charge in [0.25, 0.3) is 0 Å². The molecule has 0 unspecified atom stereocenters. The number of aromatic carboxylic acids is 1. The molecule has 0 amide bonds. The molecule has 0 spiro atoms. The average molecular weight is 308 g/mol. The van der Waals surface area contributed by atoms with E-state index in [0.29, 0.717) is 26.2 Å². The normalized spacial score (nSPS) is 10.5. The Morgan fingerprint density at radius 3 is 2.29 bits per heavy atom.